The van der Waals surface area contributed by atoms with Crippen LogP contribution >= 0.6 is 15.9 Å². The number of nitrogens with one attached hydrogen (secondary N) is 1. The van der Waals surface area contributed by atoms with E-state index in [4.69, 9.17) is 9.84 Å². The molecule has 1 aromatic rings. The highest BCUT2D eigenvalue weighted by molar-refractivity contribution is 9.10. The molecule has 1 aliphatic heterocycles. The Morgan fingerprint density at radius 3 is 2.66 bits per heavy atom. The summed E-state index contributed by atoms with van der Waals surface area (Å²) >= 11 is 3.18. The zero-order valence-electron chi connectivity index (χ0n) is 16.3. The summed E-state index contributed by atoms with van der Waals surface area (Å²) in [6.45, 7) is 2.69. The number of hydrogen-bond acceptors (Lipinski definition) is 7. The molecule has 158 valence electrons. The van der Waals surface area contributed by atoms with Crippen molar-refractivity contribution >= 4 is 39.5 Å². The number of esters is 1. The van der Waals surface area contributed by atoms with Crippen LogP contribution in [0.25, 0.3) is 0 Å². The predicted octanol–water partition coefficient (Wildman–Crippen LogP) is 0.694. The van der Waals surface area contributed by atoms with Gasteiger partial charge in [0.15, 0.2) is 6.61 Å². The number of ketones is 1. The Balaban J connectivity index is 2.00. The highest BCUT2D eigenvalue weighted by atomic mass is 79.9. The van der Waals surface area contributed by atoms with Gasteiger partial charge in [0.25, 0.3) is 0 Å². The minimum Gasteiger partial charge on any atom is -0.456 e. The van der Waals surface area contributed by atoms with Crippen molar-refractivity contribution < 1.29 is 29.0 Å². The van der Waals surface area contributed by atoms with E-state index >= 15 is 0 Å². The van der Waals surface area contributed by atoms with Crippen LogP contribution in [0.2, 0.25) is 0 Å². The van der Waals surface area contributed by atoms with Gasteiger partial charge in [-0.2, -0.15) is 0 Å². The number of aliphatic hydroxyl groups is 1. The Kier molecular flexibility index (Phi) is 8.27. The number of ether oxygens (including phenoxy) is 1. The van der Waals surface area contributed by atoms with Crippen molar-refractivity contribution in [3.63, 3.8) is 0 Å². The quantitative estimate of drug-likeness (QED) is 0.325. The third kappa shape index (κ3) is 6.07. The topological polar surface area (TPSA) is 126 Å². The maximum absolute atomic E-state index is 12.9. The van der Waals surface area contributed by atoms with Crippen LogP contribution in [0.15, 0.2) is 22.9 Å². The molecule has 1 fully saturated rings. The molecule has 9 nitrogen and oxygen atoms in total. The Bertz CT molecular complexity index is 768. The minimum absolute atomic E-state index is 0.234. The number of Topliss-reactive ketones (excluding diaryl/α,β-unsaturated/α-hetero) is 1. The maximum atomic E-state index is 12.9. The SMILES string of the molecule is CC(C)C(NC(=O)CO)C(=O)N1CCC[C@H]1C(=O)OCC(=O)c1ccc(Br)nc1. The molecule has 29 heavy (non-hydrogen) atoms. The Labute approximate surface area is 176 Å². The average molecular weight is 470 g/mol. The summed E-state index contributed by atoms with van der Waals surface area (Å²) in [6.07, 6.45) is 2.40. The molecule has 0 aliphatic carbocycles. The molecule has 2 N–H and O–H groups in total. The lowest BCUT2D eigenvalue weighted by molar-refractivity contribution is -0.153. The zero-order chi connectivity index (χ0) is 21.6. The Morgan fingerprint density at radius 1 is 1.34 bits per heavy atom. The van der Waals surface area contributed by atoms with Crippen LogP contribution in [-0.4, -0.2) is 70.4 Å². The van der Waals surface area contributed by atoms with Gasteiger partial charge in [-0.15, -0.1) is 0 Å². The van der Waals surface area contributed by atoms with E-state index in [0.29, 0.717) is 29.6 Å². The van der Waals surface area contributed by atoms with Crippen molar-refractivity contribution in [1.82, 2.24) is 15.2 Å². The van der Waals surface area contributed by atoms with Gasteiger partial charge in [-0.25, -0.2) is 9.78 Å². The summed E-state index contributed by atoms with van der Waals surface area (Å²) < 4.78 is 5.73. The molecule has 2 rings (SSSR count). The van der Waals surface area contributed by atoms with Gasteiger partial charge in [-0.3, -0.25) is 14.4 Å². The summed E-state index contributed by atoms with van der Waals surface area (Å²) in [6, 6.07) is 1.50. The van der Waals surface area contributed by atoms with E-state index in [0.717, 1.165) is 0 Å². The average Bonchev–Trinajstić information content (AvgIpc) is 3.19. The first-order valence-electron chi connectivity index (χ1n) is 9.26. The summed E-state index contributed by atoms with van der Waals surface area (Å²) in [5, 5.41) is 11.4. The lowest BCUT2D eigenvalue weighted by Crippen LogP contribution is -2.54. The second-order valence-electron chi connectivity index (χ2n) is 7.04. The van der Waals surface area contributed by atoms with Crippen LogP contribution in [0.1, 0.15) is 37.0 Å². The molecular formula is C19H24BrN3O6. The van der Waals surface area contributed by atoms with Gasteiger partial charge in [-0.05, 0) is 46.8 Å². The van der Waals surface area contributed by atoms with Gasteiger partial charge in [0, 0.05) is 18.3 Å². The van der Waals surface area contributed by atoms with Crippen LogP contribution in [0.4, 0.5) is 0 Å². The Morgan fingerprint density at radius 2 is 2.07 bits per heavy atom. The minimum atomic E-state index is -0.862. The van der Waals surface area contributed by atoms with Gasteiger partial charge >= 0.3 is 5.97 Å². The van der Waals surface area contributed by atoms with E-state index < -0.39 is 48.9 Å². The number of carbonyl (C=O) groups is 4. The molecule has 1 aromatic heterocycles. The van der Waals surface area contributed by atoms with Gasteiger partial charge in [0.2, 0.25) is 17.6 Å². The van der Waals surface area contributed by atoms with E-state index in [9.17, 15) is 19.2 Å². The third-order valence-electron chi connectivity index (χ3n) is 4.60. The molecule has 10 heteroatoms. The van der Waals surface area contributed by atoms with E-state index in [-0.39, 0.29) is 5.92 Å². The maximum Gasteiger partial charge on any atom is 0.329 e. The van der Waals surface area contributed by atoms with Crippen molar-refractivity contribution in [2.75, 3.05) is 19.8 Å². The van der Waals surface area contributed by atoms with Gasteiger partial charge in [0.1, 0.15) is 23.3 Å². The normalized spacial score (nSPS) is 17.1. The number of likely N-dealkylation sites (tertiary alicyclic amines) is 1. The molecule has 2 heterocycles. The first-order chi connectivity index (χ1) is 13.7. The number of aliphatic hydroxyl groups excluding tert-OH is 1. The van der Waals surface area contributed by atoms with E-state index in [1.54, 1.807) is 26.0 Å². The van der Waals surface area contributed by atoms with Crippen LogP contribution in [0.3, 0.4) is 0 Å². The van der Waals surface area contributed by atoms with E-state index in [1.165, 1.54) is 11.1 Å². The van der Waals surface area contributed by atoms with E-state index in [1.807, 2.05) is 0 Å². The molecular weight excluding hydrogens is 446 g/mol. The van der Waals surface area contributed by atoms with Crippen LogP contribution in [0, 0.1) is 5.92 Å². The highest BCUT2D eigenvalue weighted by Crippen LogP contribution is 2.21. The standard InChI is InChI=1S/C19H24BrN3O6/c1-11(2)17(22-16(26)9-24)18(27)23-7-3-4-13(23)19(28)29-10-14(25)12-5-6-15(20)21-8-12/h5-6,8,11,13,17,24H,3-4,7,9-10H2,1-2H3,(H,22,26)/t13-,17?/m0/s1. The fourth-order valence-corrected chi connectivity index (χ4v) is 3.28. The fraction of sp³-hybridized carbons (Fsp3) is 0.526. The molecule has 0 spiro atoms. The van der Waals surface area contributed by atoms with Crippen molar-refractivity contribution in [2.45, 2.75) is 38.8 Å². The molecule has 0 radical (unpaired) electrons. The lowest BCUT2D eigenvalue weighted by Gasteiger charge is -2.29. The fourth-order valence-electron chi connectivity index (χ4n) is 3.04. The zero-order valence-corrected chi connectivity index (χ0v) is 17.8. The smallest absolute Gasteiger partial charge is 0.329 e. The van der Waals surface area contributed by atoms with Gasteiger partial charge in [-0.1, -0.05) is 13.8 Å². The number of nitrogens with zero attached hydrogens (tertiary/aromatic N) is 2. The molecule has 1 saturated heterocycles. The second kappa shape index (κ2) is 10.4. The van der Waals surface area contributed by atoms with Crippen LogP contribution in [0.5, 0.6) is 0 Å². The first kappa shape index (κ1) is 23.0. The predicted molar refractivity (Wildman–Crippen MR) is 106 cm³/mol. The third-order valence-corrected chi connectivity index (χ3v) is 5.06. The number of pyridine rings is 1. The monoisotopic (exact) mass is 469 g/mol. The first-order valence-corrected chi connectivity index (χ1v) is 10.1. The van der Waals surface area contributed by atoms with Crippen LogP contribution < -0.4 is 5.32 Å². The lowest BCUT2D eigenvalue weighted by atomic mass is 10.0. The van der Waals surface area contributed by atoms with Crippen molar-refractivity contribution in [2.24, 2.45) is 5.92 Å². The number of aromatic nitrogens is 1. The van der Waals surface area contributed by atoms with Crippen LogP contribution in [-0.2, 0) is 19.1 Å². The molecule has 1 unspecified atom stereocenters. The molecule has 2 amide bonds. The van der Waals surface area contributed by atoms with Crippen molar-refractivity contribution in [3.05, 3.63) is 28.5 Å². The van der Waals surface area contributed by atoms with E-state index in [2.05, 4.69) is 26.2 Å². The largest absolute Gasteiger partial charge is 0.456 e. The number of halogens is 1. The molecule has 0 saturated carbocycles. The van der Waals surface area contributed by atoms with Crippen molar-refractivity contribution in [3.8, 4) is 0 Å². The molecule has 2 atom stereocenters. The summed E-state index contributed by atoms with van der Waals surface area (Å²) in [4.78, 5) is 54.4. The summed E-state index contributed by atoms with van der Waals surface area (Å²) in [5.74, 6) is -2.37. The number of amides is 2. The van der Waals surface area contributed by atoms with Gasteiger partial charge < -0.3 is 20.1 Å². The van der Waals surface area contributed by atoms with Gasteiger partial charge in [0.05, 0.1) is 0 Å². The second-order valence-corrected chi connectivity index (χ2v) is 7.85. The number of hydrogen-bond donors (Lipinski definition) is 2. The van der Waals surface area contributed by atoms with Crippen molar-refractivity contribution in [1.29, 1.82) is 0 Å². The number of carbonyl (C=O) groups excluding carboxylic acids is 4. The molecule has 1 aliphatic rings. The molecule has 0 bridgehead atoms. The Hall–Kier alpha value is -2.33. The summed E-state index contributed by atoms with van der Waals surface area (Å²) in [7, 11) is 0. The molecule has 0 aromatic carbocycles. The summed E-state index contributed by atoms with van der Waals surface area (Å²) in [5.41, 5.74) is 0.312. The number of rotatable bonds is 8. The highest BCUT2D eigenvalue weighted by Gasteiger charge is 2.39.